The molecule has 0 bridgehead atoms. The summed E-state index contributed by atoms with van der Waals surface area (Å²) in [6.07, 6.45) is 9.36. The first kappa shape index (κ1) is 38.4. The maximum atomic E-state index is 13.8. The summed E-state index contributed by atoms with van der Waals surface area (Å²) in [6, 6.07) is 15.7. The molecule has 4 aromatic rings. The topological polar surface area (TPSA) is 116 Å². The number of aromatic nitrogens is 4. The number of carbonyl (C=O) groups excluding carboxylic acids is 2. The van der Waals surface area contributed by atoms with Crippen molar-refractivity contribution in [2.24, 2.45) is 22.7 Å². The maximum Gasteiger partial charge on any atom is 0.248 e. The third-order valence-electron chi connectivity index (χ3n) is 13.6. The molecule has 2 aromatic carbocycles. The molecule has 0 saturated heterocycles. The molecule has 2 aromatic heterocycles. The highest BCUT2D eigenvalue weighted by Gasteiger charge is 2.46. The van der Waals surface area contributed by atoms with Gasteiger partial charge in [0, 0.05) is 37.5 Å². The number of carbonyl (C=O) groups is 2. The van der Waals surface area contributed by atoms with Crippen molar-refractivity contribution in [3.63, 3.8) is 0 Å². The molecule has 4 saturated carbocycles. The van der Waals surface area contributed by atoms with Gasteiger partial charge in [0.05, 0.1) is 35.9 Å². The molecule has 4 fully saturated rings. The van der Waals surface area contributed by atoms with Gasteiger partial charge in [-0.2, -0.15) is 0 Å². The maximum absolute atomic E-state index is 13.8. The minimum atomic E-state index is -2.68. The van der Waals surface area contributed by atoms with Gasteiger partial charge in [0.1, 0.15) is 11.6 Å². The number of benzene rings is 2. The Bertz CT molecular complexity index is 1870. The van der Waals surface area contributed by atoms with Crippen LogP contribution in [0.3, 0.4) is 0 Å². The number of hydrogen-bond acceptors (Lipinski definition) is 4. The molecule has 4 aliphatic carbocycles. The van der Waals surface area contributed by atoms with Crippen LogP contribution in [0.2, 0.25) is 0 Å². The number of nitrogens with zero attached hydrogens (tertiary/aromatic N) is 2. The number of hydrogen-bond donors (Lipinski definition) is 4. The van der Waals surface area contributed by atoms with Gasteiger partial charge in [-0.25, -0.2) is 27.5 Å². The lowest BCUT2D eigenvalue weighted by Gasteiger charge is -2.45. The van der Waals surface area contributed by atoms with Crippen LogP contribution in [0.1, 0.15) is 127 Å². The molecule has 2 amide bonds. The van der Waals surface area contributed by atoms with Crippen molar-refractivity contribution in [3.05, 3.63) is 72.6 Å². The van der Waals surface area contributed by atoms with Crippen LogP contribution in [0.4, 0.5) is 17.6 Å². The highest BCUT2D eigenvalue weighted by molar-refractivity contribution is 5.80. The fraction of sp³-hybridized carbons (Fsp3) is 0.545. The third-order valence-corrected chi connectivity index (χ3v) is 13.6. The number of rotatable bonds is 11. The fourth-order valence-electron chi connectivity index (χ4n) is 9.26. The third kappa shape index (κ3) is 7.89. The van der Waals surface area contributed by atoms with Crippen molar-refractivity contribution in [2.75, 3.05) is 0 Å². The van der Waals surface area contributed by atoms with Gasteiger partial charge >= 0.3 is 0 Å². The number of amides is 2. The summed E-state index contributed by atoms with van der Waals surface area (Å²) in [5.41, 5.74) is 5.36. The second-order valence-electron chi connectivity index (χ2n) is 17.7. The average molecular weight is 773 g/mol. The van der Waals surface area contributed by atoms with Crippen molar-refractivity contribution in [3.8, 4) is 33.6 Å². The van der Waals surface area contributed by atoms with Gasteiger partial charge in [0.15, 0.2) is 0 Å². The van der Waals surface area contributed by atoms with E-state index in [0.29, 0.717) is 11.6 Å². The van der Waals surface area contributed by atoms with Crippen molar-refractivity contribution >= 4 is 11.8 Å². The first-order valence-corrected chi connectivity index (χ1v) is 20.4. The predicted octanol–water partition coefficient (Wildman–Crippen LogP) is 10.5. The number of aromatic amines is 2. The Balaban J connectivity index is 0.927. The summed E-state index contributed by atoms with van der Waals surface area (Å²) in [5, 5.41) is 6.41. The van der Waals surface area contributed by atoms with Crippen LogP contribution < -0.4 is 10.6 Å². The van der Waals surface area contributed by atoms with E-state index in [0.717, 1.165) is 72.2 Å². The van der Waals surface area contributed by atoms with Crippen LogP contribution >= 0.6 is 0 Å². The number of halogens is 4. The van der Waals surface area contributed by atoms with E-state index in [-0.39, 0.29) is 86.1 Å². The molecular weight excluding hydrogens is 721 g/mol. The van der Waals surface area contributed by atoms with E-state index >= 15 is 0 Å². The minimum Gasteiger partial charge on any atom is -0.345 e. The Hall–Kier alpha value is -4.48. The SMILES string of the molecule is CC1(C(NC(=O)C2CCC(F)(F)CC2)c2ncc(-c3ccc(-c4ccc(-c5cnc(C(NC(=O)C6CCC(F)(F)CC6)C6(C)CCC6)[nH]5)cc4)cc3)[nH]2)CCC1. The molecule has 0 spiro atoms. The van der Waals surface area contributed by atoms with E-state index in [1.165, 1.54) is 0 Å². The molecule has 4 N–H and O–H groups in total. The first-order chi connectivity index (χ1) is 26.7. The van der Waals surface area contributed by atoms with E-state index in [9.17, 15) is 27.2 Å². The lowest BCUT2D eigenvalue weighted by atomic mass is 9.65. The molecule has 4 aliphatic rings. The smallest absolute Gasteiger partial charge is 0.248 e. The van der Waals surface area contributed by atoms with Gasteiger partial charge in [0.25, 0.3) is 0 Å². The monoisotopic (exact) mass is 772 g/mol. The van der Waals surface area contributed by atoms with Crippen molar-refractivity contribution in [2.45, 2.75) is 128 Å². The molecule has 2 atom stereocenters. The van der Waals surface area contributed by atoms with E-state index in [4.69, 9.17) is 9.97 Å². The Morgan fingerprint density at radius 3 is 1.20 bits per heavy atom. The zero-order valence-electron chi connectivity index (χ0n) is 32.2. The Morgan fingerprint density at radius 2 is 0.893 bits per heavy atom. The Labute approximate surface area is 325 Å². The minimum absolute atomic E-state index is 0.150. The summed E-state index contributed by atoms with van der Waals surface area (Å²) < 4.78 is 55.1. The van der Waals surface area contributed by atoms with E-state index in [2.05, 4.69) is 58.7 Å². The molecule has 12 heteroatoms. The van der Waals surface area contributed by atoms with Crippen LogP contribution in [0, 0.1) is 22.7 Å². The van der Waals surface area contributed by atoms with Gasteiger partial charge in [0.2, 0.25) is 23.7 Å². The normalized spacial score (nSPS) is 22.6. The lowest BCUT2D eigenvalue weighted by molar-refractivity contribution is -0.132. The molecule has 2 heterocycles. The zero-order valence-corrected chi connectivity index (χ0v) is 32.2. The summed E-state index contributed by atoms with van der Waals surface area (Å²) in [5.74, 6) is -5.13. The average Bonchev–Trinajstić information content (AvgIpc) is 3.85. The second kappa shape index (κ2) is 14.8. The Kier molecular flexibility index (Phi) is 10.1. The zero-order chi connectivity index (χ0) is 39.3. The molecule has 0 aliphatic heterocycles. The molecular formula is C44H52F4N6O2. The van der Waals surface area contributed by atoms with Gasteiger partial charge < -0.3 is 20.6 Å². The van der Waals surface area contributed by atoms with Gasteiger partial charge in [-0.05, 0) is 84.5 Å². The Morgan fingerprint density at radius 1 is 0.571 bits per heavy atom. The predicted molar refractivity (Wildman–Crippen MR) is 207 cm³/mol. The molecule has 2 unspecified atom stereocenters. The van der Waals surface area contributed by atoms with Crippen LogP contribution in [-0.4, -0.2) is 43.6 Å². The molecule has 56 heavy (non-hydrogen) atoms. The van der Waals surface area contributed by atoms with Gasteiger partial charge in [-0.15, -0.1) is 0 Å². The van der Waals surface area contributed by atoms with Crippen LogP contribution in [0.15, 0.2) is 60.9 Å². The van der Waals surface area contributed by atoms with Crippen molar-refractivity contribution in [1.82, 2.24) is 30.6 Å². The molecule has 8 rings (SSSR count). The van der Waals surface area contributed by atoms with E-state index < -0.39 is 23.7 Å². The second-order valence-corrected chi connectivity index (χ2v) is 17.7. The summed E-state index contributed by atoms with van der Waals surface area (Å²) >= 11 is 0. The van der Waals surface area contributed by atoms with Crippen molar-refractivity contribution in [1.29, 1.82) is 0 Å². The number of H-pyrrole nitrogens is 2. The lowest BCUT2D eigenvalue weighted by Crippen LogP contribution is -2.46. The standard InChI is InChI=1S/C44H52F4N6O2/c1-41(17-3-18-41)35(53-39(55)31-13-21-43(45,46)22-14-31)37-49-25-33(51-37)29-9-5-27(6-10-29)28-7-11-30(12-8-28)34-26-50-38(52-34)36(42(2)19-4-20-42)54-40(56)32-15-23-44(47,48)24-16-32/h5-12,25-26,31-32,35-36H,3-4,13-24H2,1-2H3,(H,49,51)(H,50,52)(H,53,55)(H,54,56). The summed E-state index contributed by atoms with van der Waals surface area (Å²) in [4.78, 5) is 42.9. The van der Waals surface area contributed by atoms with E-state index in [1.807, 2.05) is 24.3 Å². The van der Waals surface area contributed by atoms with Crippen LogP contribution in [0.25, 0.3) is 33.6 Å². The largest absolute Gasteiger partial charge is 0.345 e. The molecule has 8 nitrogen and oxygen atoms in total. The number of alkyl halides is 4. The highest BCUT2D eigenvalue weighted by atomic mass is 19.3. The fourth-order valence-corrected chi connectivity index (χ4v) is 9.26. The van der Waals surface area contributed by atoms with Crippen LogP contribution in [-0.2, 0) is 9.59 Å². The van der Waals surface area contributed by atoms with Crippen molar-refractivity contribution < 1.29 is 27.2 Å². The summed E-state index contributed by atoms with van der Waals surface area (Å²) in [7, 11) is 0. The number of nitrogens with one attached hydrogen (secondary N) is 4. The quantitative estimate of drug-likeness (QED) is 0.114. The van der Waals surface area contributed by atoms with Crippen LogP contribution in [0.5, 0.6) is 0 Å². The molecule has 298 valence electrons. The first-order valence-electron chi connectivity index (χ1n) is 20.4. The van der Waals surface area contributed by atoms with E-state index in [1.54, 1.807) is 12.4 Å². The highest BCUT2D eigenvalue weighted by Crippen LogP contribution is 2.51. The summed E-state index contributed by atoms with van der Waals surface area (Å²) in [6.45, 7) is 4.31. The molecule has 0 radical (unpaired) electrons. The van der Waals surface area contributed by atoms with Gasteiger partial charge in [-0.1, -0.05) is 75.2 Å². The van der Waals surface area contributed by atoms with Gasteiger partial charge in [-0.3, -0.25) is 9.59 Å². The number of imidazole rings is 2.